The van der Waals surface area contributed by atoms with E-state index in [9.17, 15) is 14.7 Å². The standard InChI is InChI=1S/C25H22O3/c26-23(18-24(27)21-12-6-2-7-13-21)19-25(28,22-14-8-3-9-15-22)17-16-20-10-4-1-5-11-20/h1-17,28H,18-19H2. The molecule has 3 aromatic rings. The molecule has 1 unspecified atom stereocenters. The second kappa shape index (κ2) is 9.07. The van der Waals surface area contributed by atoms with E-state index >= 15 is 0 Å². The summed E-state index contributed by atoms with van der Waals surface area (Å²) in [6.07, 6.45) is 3.01. The Morgan fingerprint density at radius 2 is 1.32 bits per heavy atom. The van der Waals surface area contributed by atoms with E-state index in [1.54, 1.807) is 48.6 Å². The van der Waals surface area contributed by atoms with Gasteiger partial charge in [0, 0.05) is 12.0 Å². The van der Waals surface area contributed by atoms with Gasteiger partial charge in [-0.05, 0) is 17.2 Å². The van der Waals surface area contributed by atoms with E-state index in [0.29, 0.717) is 11.1 Å². The molecule has 140 valence electrons. The molecule has 0 fully saturated rings. The molecule has 0 amide bonds. The zero-order valence-corrected chi connectivity index (χ0v) is 15.5. The lowest BCUT2D eigenvalue weighted by atomic mass is 9.86. The van der Waals surface area contributed by atoms with Crippen LogP contribution in [0.4, 0.5) is 0 Å². The highest BCUT2D eigenvalue weighted by Gasteiger charge is 2.30. The van der Waals surface area contributed by atoms with E-state index in [0.717, 1.165) is 5.56 Å². The summed E-state index contributed by atoms with van der Waals surface area (Å²) in [6, 6.07) is 27.3. The van der Waals surface area contributed by atoms with Crippen molar-refractivity contribution >= 4 is 17.6 Å². The van der Waals surface area contributed by atoms with Crippen LogP contribution in [-0.4, -0.2) is 16.7 Å². The minimum atomic E-state index is -1.48. The highest BCUT2D eigenvalue weighted by atomic mass is 16.3. The molecule has 3 rings (SSSR count). The van der Waals surface area contributed by atoms with Crippen LogP contribution < -0.4 is 0 Å². The monoisotopic (exact) mass is 370 g/mol. The topological polar surface area (TPSA) is 54.4 Å². The number of hydrogen-bond donors (Lipinski definition) is 1. The fraction of sp³-hybridized carbons (Fsp3) is 0.120. The van der Waals surface area contributed by atoms with Gasteiger partial charge in [0.05, 0.1) is 6.42 Å². The molecule has 0 bridgehead atoms. The molecule has 0 aliphatic rings. The minimum absolute atomic E-state index is 0.168. The van der Waals surface area contributed by atoms with E-state index in [4.69, 9.17) is 0 Å². The van der Waals surface area contributed by atoms with Gasteiger partial charge in [0.2, 0.25) is 0 Å². The summed E-state index contributed by atoms with van der Waals surface area (Å²) in [5, 5.41) is 11.3. The normalized spacial score (nSPS) is 13.2. The molecule has 1 N–H and O–H groups in total. The van der Waals surface area contributed by atoms with Gasteiger partial charge in [-0.25, -0.2) is 0 Å². The van der Waals surface area contributed by atoms with Crippen LogP contribution >= 0.6 is 0 Å². The lowest BCUT2D eigenvalue weighted by molar-refractivity contribution is -0.121. The number of carbonyl (C=O) groups is 2. The molecule has 3 aromatic carbocycles. The fourth-order valence-corrected chi connectivity index (χ4v) is 3.05. The lowest BCUT2D eigenvalue weighted by Crippen LogP contribution is -2.27. The van der Waals surface area contributed by atoms with Crippen molar-refractivity contribution in [3.63, 3.8) is 0 Å². The maximum absolute atomic E-state index is 12.6. The van der Waals surface area contributed by atoms with Crippen LogP contribution in [0.25, 0.3) is 6.08 Å². The third kappa shape index (κ3) is 5.12. The molecule has 28 heavy (non-hydrogen) atoms. The largest absolute Gasteiger partial charge is 0.381 e. The van der Waals surface area contributed by atoms with Crippen LogP contribution in [-0.2, 0) is 10.4 Å². The average Bonchev–Trinajstić information content (AvgIpc) is 2.74. The minimum Gasteiger partial charge on any atom is -0.381 e. The van der Waals surface area contributed by atoms with Crippen LogP contribution in [0.1, 0.15) is 34.3 Å². The SMILES string of the molecule is O=C(CC(=O)c1ccccc1)CC(O)(C=Cc1ccccc1)c1ccccc1. The highest BCUT2D eigenvalue weighted by Crippen LogP contribution is 2.29. The molecule has 0 saturated heterocycles. The predicted molar refractivity (Wildman–Crippen MR) is 111 cm³/mol. The number of rotatable bonds is 8. The summed E-state index contributed by atoms with van der Waals surface area (Å²) in [4.78, 5) is 24.9. The first-order chi connectivity index (χ1) is 13.6. The van der Waals surface area contributed by atoms with Crippen LogP contribution in [0.15, 0.2) is 97.1 Å². The van der Waals surface area contributed by atoms with Gasteiger partial charge in [0.25, 0.3) is 0 Å². The molecule has 3 nitrogen and oxygen atoms in total. The molecule has 1 atom stereocenters. The number of hydrogen-bond acceptors (Lipinski definition) is 3. The Hall–Kier alpha value is -3.30. The summed E-state index contributed by atoms with van der Waals surface area (Å²) in [6.45, 7) is 0. The smallest absolute Gasteiger partial charge is 0.170 e. The Morgan fingerprint density at radius 3 is 1.93 bits per heavy atom. The van der Waals surface area contributed by atoms with Crippen molar-refractivity contribution in [3.05, 3.63) is 114 Å². The average molecular weight is 370 g/mol. The molecule has 0 spiro atoms. The Balaban J connectivity index is 1.80. The Labute approximate surface area is 165 Å². The molecular formula is C25H22O3. The van der Waals surface area contributed by atoms with Crippen molar-refractivity contribution in [1.29, 1.82) is 0 Å². The first-order valence-corrected chi connectivity index (χ1v) is 9.19. The van der Waals surface area contributed by atoms with E-state index < -0.39 is 5.60 Å². The van der Waals surface area contributed by atoms with Gasteiger partial charge in [-0.3, -0.25) is 9.59 Å². The second-order valence-electron chi connectivity index (χ2n) is 6.72. The van der Waals surface area contributed by atoms with Crippen molar-refractivity contribution in [2.24, 2.45) is 0 Å². The van der Waals surface area contributed by atoms with Gasteiger partial charge < -0.3 is 5.11 Å². The molecular weight excluding hydrogens is 348 g/mol. The zero-order chi connectivity index (χ0) is 19.8. The summed E-state index contributed by atoms with van der Waals surface area (Å²) < 4.78 is 0. The molecule has 3 heteroatoms. The predicted octanol–water partition coefficient (Wildman–Crippen LogP) is 4.82. The van der Waals surface area contributed by atoms with Gasteiger partial charge in [0.15, 0.2) is 5.78 Å². The Bertz CT molecular complexity index is 947. The van der Waals surface area contributed by atoms with E-state index in [1.165, 1.54) is 0 Å². The molecule has 0 heterocycles. The molecule has 0 saturated carbocycles. The van der Waals surface area contributed by atoms with Gasteiger partial charge in [-0.2, -0.15) is 0 Å². The summed E-state index contributed by atoms with van der Waals surface area (Å²) in [5.74, 6) is -0.550. The van der Waals surface area contributed by atoms with Crippen molar-refractivity contribution in [2.75, 3.05) is 0 Å². The molecule has 0 aliphatic heterocycles. The van der Waals surface area contributed by atoms with E-state index in [-0.39, 0.29) is 24.4 Å². The summed E-state index contributed by atoms with van der Waals surface area (Å²) >= 11 is 0. The first kappa shape index (κ1) is 19.5. The lowest BCUT2D eigenvalue weighted by Gasteiger charge is -2.24. The van der Waals surface area contributed by atoms with Crippen molar-refractivity contribution in [3.8, 4) is 0 Å². The Morgan fingerprint density at radius 1 is 0.786 bits per heavy atom. The van der Waals surface area contributed by atoms with Crippen LogP contribution in [0.3, 0.4) is 0 Å². The summed E-state index contributed by atoms with van der Waals surface area (Å²) in [7, 11) is 0. The number of aliphatic hydroxyl groups is 1. The number of ketones is 2. The fourth-order valence-electron chi connectivity index (χ4n) is 3.05. The number of carbonyl (C=O) groups excluding carboxylic acids is 2. The van der Waals surface area contributed by atoms with Gasteiger partial charge in [0.1, 0.15) is 11.4 Å². The van der Waals surface area contributed by atoms with Gasteiger partial charge in [-0.15, -0.1) is 0 Å². The third-order valence-corrected chi connectivity index (χ3v) is 4.54. The zero-order valence-electron chi connectivity index (χ0n) is 15.5. The molecule has 0 aliphatic carbocycles. The number of benzene rings is 3. The van der Waals surface area contributed by atoms with Crippen molar-refractivity contribution in [2.45, 2.75) is 18.4 Å². The Kier molecular flexibility index (Phi) is 6.30. The maximum atomic E-state index is 12.6. The van der Waals surface area contributed by atoms with Gasteiger partial charge >= 0.3 is 0 Å². The maximum Gasteiger partial charge on any atom is 0.170 e. The van der Waals surface area contributed by atoms with E-state index in [1.807, 2.05) is 54.6 Å². The molecule has 0 aromatic heterocycles. The van der Waals surface area contributed by atoms with Crippen molar-refractivity contribution < 1.29 is 14.7 Å². The third-order valence-electron chi connectivity index (χ3n) is 4.54. The van der Waals surface area contributed by atoms with Gasteiger partial charge in [-0.1, -0.05) is 97.1 Å². The first-order valence-electron chi connectivity index (χ1n) is 9.19. The van der Waals surface area contributed by atoms with Crippen LogP contribution in [0, 0.1) is 0 Å². The second-order valence-corrected chi connectivity index (χ2v) is 6.72. The number of Topliss-reactive ketones (excluding diaryl/α,β-unsaturated/α-hetero) is 2. The van der Waals surface area contributed by atoms with Crippen LogP contribution in [0.5, 0.6) is 0 Å². The highest BCUT2D eigenvalue weighted by molar-refractivity contribution is 6.08. The van der Waals surface area contributed by atoms with Crippen LogP contribution in [0.2, 0.25) is 0 Å². The summed E-state index contributed by atoms with van der Waals surface area (Å²) in [5.41, 5.74) is 0.553. The molecule has 0 radical (unpaired) electrons. The van der Waals surface area contributed by atoms with E-state index in [2.05, 4.69) is 0 Å². The van der Waals surface area contributed by atoms with Crippen molar-refractivity contribution in [1.82, 2.24) is 0 Å². The quantitative estimate of drug-likeness (QED) is 0.457.